The minimum absolute atomic E-state index is 0.00950. The summed E-state index contributed by atoms with van der Waals surface area (Å²) in [4.78, 5) is 3.39. The molecular formula is C19H13F2N3O4S. The largest absolute Gasteiger partial charge is 0.493 e. The molecule has 0 aliphatic carbocycles. The molecule has 2 aromatic carbocycles. The second-order valence-corrected chi connectivity index (χ2v) is 7.32. The van der Waals surface area contributed by atoms with Crippen LogP contribution in [0.5, 0.6) is 17.2 Å². The Morgan fingerprint density at radius 3 is 2.38 bits per heavy atom. The van der Waals surface area contributed by atoms with Crippen LogP contribution in [0, 0.1) is 23.0 Å². The Labute approximate surface area is 165 Å². The van der Waals surface area contributed by atoms with Crippen LogP contribution in [0.15, 0.2) is 59.6 Å². The number of ether oxygens (including phenoxy) is 2. The molecule has 0 bridgehead atoms. The molecule has 148 valence electrons. The van der Waals surface area contributed by atoms with Crippen molar-refractivity contribution in [2.45, 2.75) is 4.90 Å². The molecule has 0 radical (unpaired) electrons. The van der Waals surface area contributed by atoms with Gasteiger partial charge in [0, 0.05) is 6.07 Å². The number of anilines is 1. The van der Waals surface area contributed by atoms with E-state index in [0.717, 1.165) is 30.5 Å². The number of hydrogen-bond acceptors (Lipinski definition) is 6. The Kier molecular flexibility index (Phi) is 5.61. The molecule has 0 atom stereocenters. The molecule has 0 amide bonds. The van der Waals surface area contributed by atoms with Gasteiger partial charge >= 0.3 is 0 Å². The van der Waals surface area contributed by atoms with Gasteiger partial charge in [0.1, 0.15) is 29.3 Å². The lowest BCUT2D eigenvalue weighted by Gasteiger charge is -2.13. The zero-order chi connectivity index (χ0) is 21.0. The first kappa shape index (κ1) is 20.0. The highest BCUT2D eigenvalue weighted by atomic mass is 32.2. The average molecular weight is 417 g/mol. The molecule has 0 aliphatic heterocycles. The Hall–Kier alpha value is -3.71. The van der Waals surface area contributed by atoms with E-state index in [1.54, 1.807) is 0 Å². The zero-order valence-corrected chi connectivity index (χ0v) is 15.7. The van der Waals surface area contributed by atoms with Crippen molar-refractivity contribution in [2.24, 2.45) is 0 Å². The summed E-state index contributed by atoms with van der Waals surface area (Å²) in [6.07, 6.45) is 0.863. The summed E-state index contributed by atoms with van der Waals surface area (Å²) in [7, 11) is -2.72. The fourth-order valence-electron chi connectivity index (χ4n) is 2.33. The molecule has 7 nitrogen and oxygen atoms in total. The van der Waals surface area contributed by atoms with E-state index in [-0.39, 0.29) is 33.5 Å². The predicted octanol–water partition coefficient (Wildman–Crippen LogP) is 3.83. The van der Waals surface area contributed by atoms with Crippen LogP contribution in [0.4, 0.5) is 14.6 Å². The molecular weight excluding hydrogens is 404 g/mol. The Morgan fingerprint density at radius 2 is 1.72 bits per heavy atom. The van der Waals surface area contributed by atoms with Crippen LogP contribution in [-0.2, 0) is 10.0 Å². The number of hydrogen-bond donors (Lipinski definition) is 1. The van der Waals surface area contributed by atoms with Gasteiger partial charge in [-0.25, -0.2) is 22.2 Å². The Morgan fingerprint density at radius 1 is 1.00 bits per heavy atom. The van der Waals surface area contributed by atoms with Gasteiger partial charge in [0.15, 0.2) is 11.5 Å². The lowest BCUT2D eigenvalue weighted by atomic mass is 10.2. The molecule has 0 unspecified atom stereocenters. The highest BCUT2D eigenvalue weighted by Crippen LogP contribution is 2.34. The van der Waals surface area contributed by atoms with Gasteiger partial charge < -0.3 is 9.47 Å². The number of nitrogens with zero attached hydrogens (tertiary/aromatic N) is 2. The second kappa shape index (κ2) is 8.12. The van der Waals surface area contributed by atoms with Crippen molar-refractivity contribution in [3.05, 3.63) is 71.9 Å². The molecule has 10 heteroatoms. The molecule has 0 saturated carbocycles. The van der Waals surface area contributed by atoms with E-state index in [1.165, 1.54) is 31.4 Å². The maximum absolute atomic E-state index is 13.5. The third kappa shape index (κ3) is 4.59. The normalized spacial score (nSPS) is 10.8. The third-order valence-electron chi connectivity index (χ3n) is 3.69. The molecule has 0 aliphatic rings. The van der Waals surface area contributed by atoms with Crippen molar-refractivity contribution < 1.29 is 26.7 Å². The number of rotatable bonds is 6. The first-order chi connectivity index (χ1) is 13.8. The summed E-state index contributed by atoms with van der Waals surface area (Å²) in [6, 6.07) is 11.2. The number of methoxy groups -OCH3 is 1. The second-order valence-electron chi connectivity index (χ2n) is 5.63. The highest BCUT2D eigenvalue weighted by molar-refractivity contribution is 7.92. The fraction of sp³-hybridized carbons (Fsp3) is 0.0526. The molecule has 1 N–H and O–H groups in total. The maximum atomic E-state index is 13.5. The number of halogens is 2. The van der Waals surface area contributed by atoms with Gasteiger partial charge in [-0.05, 0) is 42.5 Å². The van der Waals surface area contributed by atoms with Crippen molar-refractivity contribution >= 4 is 15.8 Å². The fourth-order valence-corrected chi connectivity index (χ4v) is 3.37. The quantitative estimate of drug-likeness (QED) is 0.654. The monoisotopic (exact) mass is 417 g/mol. The molecule has 0 spiro atoms. The minimum atomic E-state index is -4.09. The molecule has 29 heavy (non-hydrogen) atoms. The van der Waals surface area contributed by atoms with Crippen molar-refractivity contribution in [2.75, 3.05) is 11.8 Å². The molecule has 0 saturated heterocycles. The van der Waals surface area contributed by atoms with Crippen LogP contribution in [0.25, 0.3) is 0 Å². The number of nitrogens with one attached hydrogen (secondary N) is 1. The van der Waals surface area contributed by atoms with Crippen LogP contribution >= 0.6 is 0 Å². The molecule has 1 heterocycles. The Bertz CT molecular complexity index is 1190. The van der Waals surface area contributed by atoms with E-state index >= 15 is 0 Å². The third-order valence-corrected chi connectivity index (χ3v) is 5.05. The van der Waals surface area contributed by atoms with Crippen LogP contribution in [0.1, 0.15) is 5.56 Å². The summed E-state index contributed by atoms with van der Waals surface area (Å²) in [5.41, 5.74) is -0.105. The minimum Gasteiger partial charge on any atom is -0.493 e. The first-order valence-corrected chi connectivity index (χ1v) is 9.50. The van der Waals surface area contributed by atoms with E-state index < -0.39 is 21.7 Å². The summed E-state index contributed by atoms with van der Waals surface area (Å²) in [6.45, 7) is 0. The smallest absolute Gasteiger partial charge is 0.263 e. The number of pyridine rings is 1. The SMILES string of the molecule is COc1ccc(F)cc1Oc1ccc(S(=O)(=O)Nc2ccc(F)cn2)cc1C#N. The molecule has 3 rings (SSSR count). The van der Waals surface area contributed by atoms with Crippen molar-refractivity contribution in [1.29, 1.82) is 5.26 Å². The number of nitriles is 1. The number of sulfonamides is 1. The van der Waals surface area contributed by atoms with E-state index in [0.29, 0.717) is 0 Å². The van der Waals surface area contributed by atoms with Crippen LogP contribution < -0.4 is 14.2 Å². The summed E-state index contributed by atoms with van der Waals surface area (Å²) in [5, 5.41) is 9.38. The van der Waals surface area contributed by atoms with Crippen LogP contribution in [0.2, 0.25) is 0 Å². The van der Waals surface area contributed by atoms with Gasteiger partial charge in [0.05, 0.1) is 23.8 Å². The molecule has 3 aromatic rings. The lowest BCUT2D eigenvalue weighted by molar-refractivity contribution is 0.376. The van der Waals surface area contributed by atoms with Crippen molar-refractivity contribution in [1.82, 2.24) is 4.98 Å². The van der Waals surface area contributed by atoms with Gasteiger partial charge in [-0.3, -0.25) is 4.72 Å². The highest BCUT2D eigenvalue weighted by Gasteiger charge is 2.19. The number of benzene rings is 2. The maximum Gasteiger partial charge on any atom is 0.263 e. The standard InChI is InChI=1S/C19H13F2N3O4S/c1-27-17-5-2-13(20)9-18(17)28-16-6-4-15(8-12(16)10-22)29(25,26)24-19-7-3-14(21)11-23-19/h2-9,11H,1H3,(H,23,24). The van der Waals surface area contributed by atoms with Gasteiger partial charge in [0.25, 0.3) is 10.0 Å². The average Bonchev–Trinajstić information content (AvgIpc) is 2.70. The lowest BCUT2D eigenvalue weighted by Crippen LogP contribution is -2.14. The van der Waals surface area contributed by atoms with Crippen molar-refractivity contribution in [3.8, 4) is 23.3 Å². The van der Waals surface area contributed by atoms with Gasteiger partial charge in [0.2, 0.25) is 0 Å². The first-order valence-electron chi connectivity index (χ1n) is 8.02. The van der Waals surface area contributed by atoms with E-state index in [4.69, 9.17) is 9.47 Å². The van der Waals surface area contributed by atoms with Gasteiger partial charge in [-0.1, -0.05) is 0 Å². The van der Waals surface area contributed by atoms with Crippen LogP contribution in [0.3, 0.4) is 0 Å². The molecule has 0 fully saturated rings. The van der Waals surface area contributed by atoms with Gasteiger partial charge in [-0.15, -0.1) is 0 Å². The zero-order valence-electron chi connectivity index (χ0n) is 14.9. The summed E-state index contributed by atoms with van der Waals surface area (Å²) >= 11 is 0. The number of aromatic nitrogens is 1. The topological polar surface area (TPSA) is 101 Å². The molecule has 1 aromatic heterocycles. The Balaban J connectivity index is 1.92. The van der Waals surface area contributed by atoms with Gasteiger partial charge in [-0.2, -0.15) is 5.26 Å². The summed E-state index contributed by atoms with van der Waals surface area (Å²) < 4.78 is 64.2. The van der Waals surface area contributed by atoms with E-state index in [2.05, 4.69) is 9.71 Å². The van der Waals surface area contributed by atoms with E-state index in [9.17, 15) is 22.5 Å². The summed E-state index contributed by atoms with van der Waals surface area (Å²) in [5.74, 6) is -1.02. The van der Waals surface area contributed by atoms with Crippen LogP contribution in [-0.4, -0.2) is 20.5 Å². The van der Waals surface area contributed by atoms with E-state index in [1.807, 2.05) is 6.07 Å². The predicted molar refractivity (Wildman–Crippen MR) is 99.2 cm³/mol. The van der Waals surface area contributed by atoms with Crippen molar-refractivity contribution in [3.63, 3.8) is 0 Å².